The summed E-state index contributed by atoms with van der Waals surface area (Å²) in [6.45, 7) is 0. The minimum atomic E-state index is -1.00. The Labute approximate surface area is 118 Å². The molecule has 1 aliphatic rings. The van der Waals surface area contributed by atoms with Gasteiger partial charge in [-0.1, -0.05) is 11.6 Å². The SMILES string of the molecule is O=C(O)CS[C@H]1CC(=O)N(c2ccc(Cl)cc2)C1=O. The van der Waals surface area contributed by atoms with Crippen LogP contribution in [0.2, 0.25) is 5.02 Å². The van der Waals surface area contributed by atoms with E-state index in [1.807, 2.05) is 0 Å². The first-order chi connectivity index (χ1) is 8.99. The molecule has 100 valence electrons. The first-order valence-electron chi connectivity index (χ1n) is 5.45. The Morgan fingerprint density at radius 2 is 2.00 bits per heavy atom. The molecule has 0 aromatic heterocycles. The van der Waals surface area contributed by atoms with E-state index in [1.165, 1.54) is 0 Å². The lowest BCUT2D eigenvalue weighted by Gasteiger charge is -2.14. The number of carboxylic acids is 1. The van der Waals surface area contributed by atoms with Gasteiger partial charge in [-0.25, -0.2) is 4.90 Å². The van der Waals surface area contributed by atoms with Crippen LogP contribution in [0.4, 0.5) is 5.69 Å². The van der Waals surface area contributed by atoms with Crippen LogP contribution in [-0.2, 0) is 14.4 Å². The molecule has 0 aliphatic carbocycles. The summed E-state index contributed by atoms with van der Waals surface area (Å²) in [5, 5.41) is 8.48. The summed E-state index contributed by atoms with van der Waals surface area (Å²) in [7, 11) is 0. The van der Waals surface area contributed by atoms with Crippen LogP contribution in [0.3, 0.4) is 0 Å². The van der Waals surface area contributed by atoms with E-state index in [1.54, 1.807) is 24.3 Å². The van der Waals surface area contributed by atoms with Gasteiger partial charge in [0.1, 0.15) is 0 Å². The highest BCUT2D eigenvalue weighted by Gasteiger charge is 2.39. The van der Waals surface area contributed by atoms with E-state index < -0.39 is 11.2 Å². The third kappa shape index (κ3) is 3.08. The fraction of sp³-hybridized carbons (Fsp3) is 0.250. The summed E-state index contributed by atoms with van der Waals surface area (Å²) in [6, 6.07) is 6.36. The van der Waals surface area contributed by atoms with E-state index in [0.717, 1.165) is 16.7 Å². The van der Waals surface area contributed by atoms with E-state index in [4.69, 9.17) is 16.7 Å². The maximum Gasteiger partial charge on any atom is 0.313 e. The lowest BCUT2D eigenvalue weighted by atomic mass is 10.3. The molecule has 5 nitrogen and oxygen atoms in total. The largest absolute Gasteiger partial charge is 0.481 e. The highest BCUT2D eigenvalue weighted by molar-refractivity contribution is 8.01. The third-order valence-electron chi connectivity index (χ3n) is 2.60. The first kappa shape index (κ1) is 13.9. The molecule has 2 amide bonds. The second-order valence-corrected chi connectivity index (χ2v) is 5.57. The van der Waals surface area contributed by atoms with Crippen LogP contribution < -0.4 is 4.90 Å². The smallest absolute Gasteiger partial charge is 0.313 e. The Morgan fingerprint density at radius 1 is 1.37 bits per heavy atom. The van der Waals surface area contributed by atoms with E-state index >= 15 is 0 Å². The number of rotatable bonds is 4. The Hall–Kier alpha value is -1.53. The molecule has 1 aliphatic heterocycles. The number of aliphatic carboxylic acids is 1. The lowest BCUT2D eigenvalue weighted by Crippen LogP contribution is -2.31. The molecule has 0 saturated carbocycles. The first-order valence-corrected chi connectivity index (χ1v) is 6.87. The van der Waals surface area contributed by atoms with Gasteiger partial charge in [-0.2, -0.15) is 0 Å². The van der Waals surface area contributed by atoms with E-state index in [2.05, 4.69) is 0 Å². The summed E-state index contributed by atoms with van der Waals surface area (Å²) in [5.74, 6) is -1.90. The van der Waals surface area contributed by atoms with E-state index in [-0.39, 0.29) is 24.0 Å². The number of halogens is 1. The van der Waals surface area contributed by atoms with Gasteiger partial charge in [0.2, 0.25) is 11.8 Å². The molecule has 1 N–H and O–H groups in total. The van der Waals surface area contributed by atoms with Crippen molar-refractivity contribution in [2.75, 3.05) is 10.7 Å². The summed E-state index contributed by atoms with van der Waals surface area (Å²) in [4.78, 5) is 35.5. The zero-order valence-electron chi connectivity index (χ0n) is 9.71. The molecule has 1 heterocycles. The molecule has 0 spiro atoms. The van der Waals surface area contributed by atoms with Crippen molar-refractivity contribution < 1.29 is 19.5 Å². The molecule has 1 aromatic rings. The zero-order chi connectivity index (χ0) is 14.0. The van der Waals surface area contributed by atoms with E-state index in [0.29, 0.717) is 10.7 Å². The quantitative estimate of drug-likeness (QED) is 0.858. The highest BCUT2D eigenvalue weighted by Crippen LogP contribution is 2.30. The van der Waals surface area contributed by atoms with Gasteiger partial charge in [-0.15, -0.1) is 11.8 Å². The third-order valence-corrected chi connectivity index (χ3v) is 4.03. The average Bonchev–Trinajstić information content (AvgIpc) is 2.63. The number of nitrogens with zero attached hydrogens (tertiary/aromatic N) is 1. The number of imide groups is 1. The Kier molecular flexibility index (Phi) is 4.11. The van der Waals surface area contributed by atoms with Gasteiger partial charge in [-0.3, -0.25) is 14.4 Å². The van der Waals surface area contributed by atoms with Crippen LogP contribution in [-0.4, -0.2) is 33.9 Å². The number of carbonyl (C=O) groups is 3. The minimum Gasteiger partial charge on any atom is -0.481 e. The second kappa shape index (κ2) is 5.63. The number of thioether (sulfide) groups is 1. The van der Waals surface area contributed by atoms with Crippen LogP contribution in [0.1, 0.15) is 6.42 Å². The van der Waals surface area contributed by atoms with Crippen LogP contribution in [0.5, 0.6) is 0 Å². The van der Waals surface area contributed by atoms with Gasteiger partial charge < -0.3 is 5.11 Å². The molecule has 1 aromatic carbocycles. The van der Waals surface area contributed by atoms with Gasteiger partial charge in [0.15, 0.2) is 0 Å². The predicted molar refractivity (Wildman–Crippen MR) is 72.4 cm³/mol. The number of carbonyl (C=O) groups excluding carboxylic acids is 2. The number of carboxylic acid groups (broad SMARTS) is 1. The molecule has 0 unspecified atom stereocenters. The van der Waals surface area contributed by atoms with Gasteiger partial charge >= 0.3 is 5.97 Å². The fourth-order valence-corrected chi connectivity index (χ4v) is 2.75. The predicted octanol–water partition coefficient (Wildman–Crippen LogP) is 1.79. The molecule has 19 heavy (non-hydrogen) atoms. The molecular weight excluding hydrogens is 290 g/mol. The van der Waals surface area contributed by atoms with Crippen molar-refractivity contribution in [3.63, 3.8) is 0 Å². The zero-order valence-corrected chi connectivity index (χ0v) is 11.3. The van der Waals surface area contributed by atoms with Crippen molar-refractivity contribution in [2.24, 2.45) is 0 Å². The molecule has 7 heteroatoms. The normalized spacial score (nSPS) is 19.0. The molecule has 0 bridgehead atoms. The van der Waals surface area contributed by atoms with Gasteiger partial charge in [0, 0.05) is 11.4 Å². The lowest BCUT2D eigenvalue weighted by molar-refractivity contribution is -0.134. The Balaban J connectivity index is 2.14. The number of hydrogen-bond acceptors (Lipinski definition) is 4. The number of amides is 2. The van der Waals surface area contributed by atoms with Gasteiger partial charge in [-0.05, 0) is 24.3 Å². The number of anilines is 1. The fourth-order valence-electron chi connectivity index (χ4n) is 1.77. The summed E-state index contributed by atoms with van der Waals surface area (Å²) >= 11 is 6.71. The number of hydrogen-bond donors (Lipinski definition) is 1. The molecule has 2 rings (SSSR count). The molecular formula is C12H10ClNO4S. The van der Waals surface area contributed by atoms with Crippen molar-refractivity contribution in [1.29, 1.82) is 0 Å². The van der Waals surface area contributed by atoms with E-state index in [9.17, 15) is 14.4 Å². The molecule has 1 atom stereocenters. The van der Waals surface area contributed by atoms with Crippen LogP contribution in [0, 0.1) is 0 Å². The highest BCUT2D eigenvalue weighted by atomic mass is 35.5. The topological polar surface area (TPSA) is 74.7 Å². The monoisotopic (exact) mass is 299 g/mol. The standard InChI is InChI=1S/C12H10ClNO4S/c13-7-1-3-8(4-2-7)14-10(15)5-9(12(14)18)19-6-11(16)17/h1-4,9H,5-6H2,(H,16,17)/t9-/m0/s1. The molecule has 1 fully saturated rings. The van der Waals surface area contributed by atoms with Crippen LogP contribution in [0.15, 0.2) is 24.3 Å². The van der Waals surface area contributed by atoms with Crippen LogP contribution >= 0.6 is 23.4 Å². The maximum absolute atomic E-state index is 12.1. The summed E-state index contributed by atoms with van der Waals surface area (Å²) < 4.78 is 0. The van der Waals surface area contributed by atoms with Crippen molar-refractivity contribution in [2.45, 2.75) is 11.7 Å². The number of benzene rings is 1. The summed E-state index contributed by atoms with van der Waals surface area (Å²) in [5.41, 5.74) is 0.456. The van der Waals surface area contributed by atoms with Crippen molar-refractivity contribution in [3.05, 3.63) is 29.3 Å². The average molecular weight is 300 g/mol. The van der Waals surface area contributed by atoms with Crippen molar-refractivity contribution in [3.8, 4) is 0 Å². The van der Waals surface area contributed by atoms with Crippen LogP contribution in [0.25, 0.3) is 0 Å². The Bertz CT molecular complexity index is 531. The van der Waals surface area contributed by atoms with Gasteiger partial charge in [0.25, 0.3) is 0 Å². The second-order valence-electron chi connectivity index (χ2n) is 3.94. The minimum absolute atomic E-state index is 0.0272. The maximum atomic E-state index is 12.1. The Morgan fingerprint density at radius 3 is 2.58 bits per heavy atom. The van der Waals surface area contributed by atoms with Gasteiger partial charge in [0.05, 0.1) is 16.7 Å². The molecule has 1 saturated heterocycles. The molecule has 0 radical (unpaired) electrons. The van der Waals surface area contributed by atoms with Crippen molar-refractivity contribution in [1.82, 2.24) is 0 Å². The van der Waals surface area contributed by atoms with Crippen molar-refractivity contribution >= 4 is 46.8 Å². The summed E-state index contributed by atoms with van der Waals surface area (Å²) in [6.07, 6.45) is 0.0272.